The number of anilines is 1. The Morgan fingerprint density at radius 3 is 2.66 bits per heavy atom. The van der Waals surface area contributed by atoms with Gasteiger partial charge in [0.25, 0.3) is 10.0 Å². The first-order valence-corrected chi connectivity index (χ1v) is 12.4. The molecule has 0 atom stereocenters. The number of nitrogens with zero attached hydrogens (tertiary/aromatic N) is 4. The van der Waals surface area contributed by atoms with Crippen LogP contribution in [0.5, 0.6) is 0 Å². The molecule has 32 heavy (non-hydrogen) atoms. The molecule has 8 nitrogen and oxygen atoms in total. The van der Waals surface area contributed by atoms with Crippen molar-refractivity contribution < 1.29 is 13.2 Å². The van der Waals surface area contributed by atoms with E-state index in [1.54, 1.807) is 10.8 Å². The molecular formula is C22H28ClN5O3S. The highest BCUT2D eigenvalue weighted by molar-refractivity contribution is 7.90. The maximum atomic E-state index is 12.5. The number of benzene rings is 1. The summed E-state index contributed by atoms with van der Waals surface area (Å²) in [6, 6.07) is 5.95. The van der Waals surface area contributed by atoms with E-state index in [4.69, 9.17) is 11.6 Å². The fourth-order valence-corrected chi connectivity index (χ4v) is 4.78. The van der Waals surface area contributed by atoms with E-state index < -0.39 is 10.0 Å². The zero-order valence-corrected chi connectivity index (χ0v) is 20.1. The fraction of sp³-hybridized carbons (Fsp3) is 0.409. The number of rotatable bonds is 8. The van der Waals surface area contributed by atoms with Gasteiger partial charge in [-0.25, -0.2) is 0 Å². The van der Waals surface area contributed by atoms with Crippen molar-refractivity contribution in [1.29, 1.82) is 0 Å². The van der Waals surface area contributed by atoms with Gasteiger partial charge in [-0.2, -0.15) is 13.5 Å². The lowest BCUT2D eigenvalue weighted by Gasteiger charge is -2.11. The lowest BCUT2D eigenvalue weighted by Crippen LogP contribution is -2.20. The summed E-state index contributed by atoms with van der Waals surface area (Å²) >= 11 is 6.39. The van der Waals surface area contributed by atoms with Crippen LogP contribution in [-0.4, -0.2) is 48.4 Å². The molecule has 1 N–H and O–H groups in total. The Morgan fingerprint density at radius 1 is 1.31 bits per heavy atom. The third-order valence-electron chi connectivity index (χ3n) is 5.21. The minimum atomic E-state index is -3.79. The van der Waals surface area contributed by atoms with Crippen LogP contribution >= 0.6 is 11.6 Å². The van der Waals surface area contributed by atoms with Crippen LogP contribution < -0.4 is 5.32 Å². The predicted octanol–water partition coefficient (Wildman–Crippen LogP) is 4.11. The van der Waals surface area contributed by atoms with Crippen LogP contribution in [0.1, 0.15) is 43.9 Å². The van der Waals surface area contributed by atoms with E-state index in [1.165, 1.54) is 30.3 Å². The van der Waals surface area contributed by atoms with Gasteiger partial charge in [0.2, 0.25) is 5.91 Å². The third kappa shape index (κ3) is 5.77. The molecule has 1 fully saturated rings. The minimum absolute atomic E-state index is 0.0840. The van der Waals surface area contributed by atoms with Gasteiger partial charge in [0, 0.05) is 43.9 Å². The van der Waals surface area contributed by atoms with Gasteiger partial charge in [-0.3, -0.25) is 9.48 Å². The predicted molar refractivity (Wildman–Crippen MR) is 127 cm³/mol. The van der Waals surface area contributed by atoms with Crippen molar-refractivity contribution in [2.45, 2.75) is 51.0 Å². The molecule has 1 aromatic carbocycles. The molecule has 172 valence electrons. The summed E-state index contributed by atoms with van der Waals surface area (Å²) < 4.78 is 30.7. The molecular weight excluding hydrogens is 450 g/mol. The van der Waals surface area contributed by atoms with E-state index in [1.807, 2.05) is 18.9 Å². The first kappa shape index (κ1) is 24.0. The lowest BCUT2D eigenvalue weighted by atomic mass is 10.2. The molecule has 2 aromatic rings. The van der Waals surface area contributed by atoms with Gasteiger partial charge in [0.15, 0.2) is 0 Å². The Hall–Kier alpha value is -2.65. The summed E-state index contributed by atoms with van der Waals surface area (Å²) in [5.41, 5.74) is 1.93. The van der Waals surface area contributed by atoms with Crippen LogP contribution in [0.15, 0.2) is 39.6 Å². The number of sulfonamides is 1. The number of likely N-dealkylation sites (tertiary alicyclic amines) is 1. The van der Waals surface area contributed by atoms with Crippen LogP contribution in [0.25, 0.3) is 6.08 Å². The Morgan fingerprint density at radius 2 is 2.03 bits per heavy atom. The lowest BCUT2D eigenvalue weighted by molar-refractivity contribution is -0.111. The van der Waals surface area contributed by atoms with Gasteiger partial charge in [0.05, 0.1) is 10.6 Å². The zero-order valence-electron chi connectivity index (χ0n) is 18.5. The van der Waals surface area contributed by atoms with E-state index in [-0.39, 0.29) is 10.8 Å². The Kier molecular flexibility index (Phi) is 7.73. The molecule has 0 spiro atoms. The number of halogens is 1. The molecule has 0 bridgehead atoms. The van der Waals surface area contributed by atoms with Gasteiger partial charge in [-0.1, -0.05) is 24.9 Å². The van der Waals surface area contributed by atoms with Crippen LogP contribution in [0.3, 0.4) is 0 Å². The maximum absolute atomic E-state index is 12.5. The van der Waals surface area contributed by atoms with Crippen molar-refractivity contribution in [3.8, 4) is 0 Å². The summed E-state index contributed by atoms with van der Waals surface area (Å²) in [6.07, 6.45) is 6.57. The molecule has 1 aliphatic rings. The van der Waals surface area contributed by atoms with Gasteiger partial charge < -0.3 is 10.2 Å². The molecule has 0 aliphatic carbocycles. The van der Waals surface area contributed by atoms with Gasteiger partial charge >= 0.3 is 0 Å². The number of amidine groups is 1. The molecule has 0 radical (unpaired) electrons. The second-order valence-electron chi connectivity index (χ2n) is 7.72. The van der Waals surface area contributed by atoms with Crippen LogP contribution in [0.2, 0.25) is 5.15 Å². The molecule has 1 aromatic heterocycles. The first-order chi connectivity index (χ1) is 15.2. The van der Waals surface area contributed by atoms with Crippen LogP contribution in [0.4, 0.5) is 5.69 Å². The summed E-state index contributed by atoms with van der Waals surface area (Å²) in [5, 5.41) is 7.63. The average Bonchev–Trinajstić information content (AvgIpc) is 3.26. The summed E-state index contributed by atoms with van der Waals surface area (Å²) in [5.74, 6) is 0.213. The summed E-state index contributed by atoms with van der Waals surface area (Å²) in [4.78, 5) is 14.3. The topological polar surface area (TPSA) is 96.7 Å². The van der Waals surface area contributed by atoms with Crippen molar-refractivity contribution in [3.05, 3.63) is 46.8 Å². The van der Waals surface area contributed by atoms with E-state index in [2.05, 4.69) is 21.7 Å². The number of nitrogens with one attached hydrogen (secondary N) is 1. The highest BCUT2D eigenvalue weighted by Gasteiger charge is 2.20. The maximum Gasteiger partial charge on any atom is 0.283 e. The number of amides is 1. The van der Waals surface area contributed by atoms with Crippen molar-refractivity contribution in [2.24, 2.45) is 4.40 Å². The quantitative estimate of drug-likeness (QED) is 0.577. The average molecular weight is 478 g/mol. The number of unbranched alkanes of at least 4 members (excludes halogenated alkanes) is 1. The monoisotopic (exact) mass is 477 g/mol. The number of carbonyl (C=O) groups is 1. The van der Waals surface area contributed by atoms with Crippen molar-refractivity contribution in [1.82, 2.24) is 14.7 Å². The van der Waals surface area contributed by atoms with E-state index in [0.29, 0.717) is 28.7 Å². The molecule has 3 rings (SSSR count). The van der Waals surface area contributed by atoms with Crippen LogP contribution in [-0.2, 0) is 21.4 Å². The van der Waals surface area contributed by atoms with E-state index in [0.717, 1.165) is 38.0 Å². The van der Waals surface area contributed by atoms with Gasteiger partial charge in [-0.15, -0.1) is 4.40 Å². The molecule has 10 heteroatoms. The smallest absolute Gasteiger partial charge is 0.283 e. The number of hydrogen-bond donors (Lipinski definition) is 1. The molecule has 1 saturated heterocycles. The third-order valence-corrected chi connectivity index (χ3v) is 6.93. The van der Waals surface area contributed by atoms with Crippen LogP contribution in [0, 0.1) is 6.92 Å². The Bertz CT molecular complexity index is 1140. The second kappa shape index (κ2) is 10.3. The van der Waals surface area contributed by atoms with Crippen molar-refractivity contribution >= 4 is 45.1 Å². The highest BCUT2D eigenvalue weighted by atomic mass is 35.5. The first-order valence-electron chi connectivity index (χ1n) is 10.6. The van der Waals surface area contributed by atoms with Crippen molar-refractivity contribution in [3.63, 3.8) is 0 Å². The number of aryl methyl sites for hydroxylation is 2. The fourth-order valence-electron chi connectivity index (χ4n) is 3.37. The normalized spacial score (nSPS) is 15.8. The van der Waals surface area contributed by atoms with E-state index >= 15 is 0 Å². The number of carbonyl (C=O) groups excluding carboxylic acids is 1. The van der Waals surface area contributed by atoms with Gasteiger partial charge in [-0.05, 0) is 50.1 Å². The second-order valence-corrected chi connectivity index (χ2v) is 9.68. The minimum Gasteiger partial charge on any atom is -0.362 e. The summed E-state index contributed by atoms with van der Waals surface area (Å²) in [6.45, 7) is 5.47. The molecule has 1 amide bonds. The Balaban J connectivity index is 1.66. The molecule has 1 aliphatic heterocycles. The molecule has 0 saturated carbocycles. The van der Waals surface area contributed by atoms with Gasteiger partial charge in [0.1, 0.15) is 11.0 Å². The molecule has 2 heterocycles. The standard InChI is InChI=1S/C22H28ClN5O3S/c1-4-5-15-28-22(23)19(16(2)25-28)12-13-21(29)24-17-8-10-18(11-9-17)32(30,31)26-20-7-6-14-27(20)3/h8-13H,4-7,14-15H2,1-3H3,(H,24,29). The zero-order chi connectivity index (χ0) is 23.3. The SMILES string of the molecule is CCCCn1nc(C)c(C=CC(=O)Nc2ccc(S(=O)(=O)N=C3CCCN3C)cc2)c1Cl. The molecule has 0 unspecified atom stereocenters. The largest absolute Gasteiger partial charge is 0.362 e. The highest BCUT2D eigenvalue weighted by Crippen LogP contribution is 2.22. The van der Waals surface area contributed by atoms with E-state index in [9.17, 15) is 13.2 Å². The number of hydrogen-bond acceptors (Lipinski definition) is 4. The number of aromatic nitrogens is 2. The van der Waals surface area contributed by atoms with Crippen molar-refractivity contribution in [2.75, 3.05) is 18.9 Å². The summed E-state index contributed by atoms with van der Waals surface area (Å²) in [7, 11) is -1.95. The Labute approximate surface area is 194 Å².